The number of aromatic nitrogens is 1. The van der Waals surface area contributed by atoms with Crippen molar-refractivity contribution >= 4 is 12.2 Å². The Labute approximate surface area is 125 Å². The lowest BCUT2D eigenvalue weighted by Gasteiger charge is -2.16. The van der Waals surface area contributed by atoms with Crippen LogP contribution in [-0.4, -0.2) is 4.98 Å². The molecule has 2 rings (SSSR count). The van der Waals surface area contributed by atoms with Crippen molar-refractivity contribution in [2.24, 2.45) is 0 Å². The summed E-state index contributed by atoms with van der Waals surface area (Å²) in [6.07, 6.45) is 1.74. The zero-order valence-electron chi connectivity index (χ0n) is 12.4. The van der Waals surface area contributed by atoms with E-state index in [-0.39, 0.29) is 0 Å². The monoisotopic (exact) mass is 291 g/mol. The Kier molecular flexibility index (Phi) is 4.65. The third-order valence-electron chi connectivity index (χ3n) is 3.27. The summed E-state index contributed by atoms with van der Waals surface area (Å²) in [7, 11) is 0. The molecule has 0 aliphatic heterocycles. The molecule has 0 amide bonds. The summed E-state index contributed by atoms with van der Waals surface area (Å²) in [6, 6.07) is 6.40. The van der Waals surface area contributed by atoms with Gasteiger partial charge in [0.05, 0.1) is 0 Å². The fourth-order valence-corrected chi connectivity index (χ4v) is 2.21. The zero-order chi connectivity index (χ0) is 14.7. The number of oxazole rings is 1. The van der Waals surface area contributed by atoms with Crippen molar-refractivity contribution in [3.8, 4) is 5.75 Å². The van der Waals surface area contributed by atoms with Gasteiger partial charge in [-0.25, -0.2) is 0 Å². The van der Waals surface area contributed by atoms with E-state index in [0.29, 0.717) is 29.0 Å². The van der Waals surface area contributed by atoms with Crippen LogP contribution in [0.2, 0.25) is 0 Å². The van der Waals surface area contributed by atoms with E-state index in [4.69, 9.17) is 21.4 Å². The molecule has 0 unspecified atom stereocenters. The Balaban J connectivity index is 2.20. The molecule has 0 bridgehead atoms. The van der Waals surface area contributed by atoms with Crippen molar-refractivity contribution in [3.05, 3.63) is 46.1 Å². The fourth-order valence-electron chi connectivity index (χ4n) is 2.05. The van der Waals surface area contributed by atoms with Crippen molar-refractivity contribution < 1.29 is 9.15 Å². The van der Waals surface area contributed by atoms with E-state index in [0.717, 1.165) is 5.75 Å². The van der Waals surface area contributed by atoms with Gasteiger partial charge in [-0.3, -0.25) is 0 Å². The summed E-state index contributed by atoms with van der Waals surface area (Å²) in [5.41, 5.74) is 2.56. The van der Waals surface area contributed by atoms with Gasteiger partial charge in [0.15, 0.2) is 5.76 Å². The Morgan fingerprint density at radius 3 is 2.50 bits per heavy atom. The summed E-state index contributed by atoms with van der Waals surface area (Å²) in [5.74, 6) is 2.55. The maximum atomic E-state index is 5.87. The standard InChI is InChI=1S/C16H21NO2S/c1-10(2)12-5-6-15(14(7-12)11(3)4)18-9-13-8-17-16(20)19-13/h5-8,10-11H,9H2,1-4H3,(H,17,20). The highest BCUT2D eigenvalue weighted by Gasteiger charge is 2.11. The molecule has 0 aliphatic rings. The predicted molar refractivity (Wildman–Crippen MR) is 82.8 cm³/mol. The van der Waals surface area contributed by atoms with Crippen molar-refractivity contribution in [2.45, 2.75) is 46.1 Å². The van der Waals surface area contributed by atoms with Gasteiger partial charge < -0.3 is 14.1 Å². The quantitative estimate of drug-likeness (QED) is 0.773. The normalized spacial score (nSPS) is 11.3. The van der Waals surface area contributed by atoms with E-state index in [9.17, 15) is 0 Å². The summed E-state index contributed by atoms with van der Waals surface area (Å²) in [6.45, 7) is 9.13. The van der Waals surface area contributed by atoms with Crippen LogP contribution in [0, 0.1) is 4.84 Å². The third-order valence-corrected chi connectivity index (χ3v) is 3.47. The van der Waals surface area contributed by atoms with Gasteiger partial charge in [-0.15, -0.1) is 0 Å². The van der Waals surface area contributed by atoms with E-state index >= 15 is 0 Å². The fraction of sp³-hybridized carbons (Fsp3) is 0.438. The highest BCUT2D eigenvalue weighted by atomic mass is 32.1. The van der Waals surface area contributed by atoms with Crippen molar-refractivity contribution in [3.63, 3.8) is 0 Å². The summed E-state index contributed by atoms with van der Waals surface area (Å²) >= 11 is 4.90. The van der Waals surface area contributed by atoms with E-state index in [1.54, 1.807) is 6.20 Å². The highest BCUT2D eigenvalue weighted by molar-refractivity contribution is 7.71. The van der Waals surface area contributed by atoms with Gasteiger partial charge in [0.2, 0.25) is 0 Å². The van der Waals surface area contributed by atoms with Crippen LogP contribution in [0.5, 0.6) is 5.75 Å². The first-order chi connectivity index (χ1) is 9.47. The summed E-state index contributed by atoms with van der Waals surface area (Å²) in [5, 5.41) is 0. The average Bonchev–Trinajstić information content (AvgIpc) is 2.81. The Morgan fingerprint density at radius 1 is 1.20 bits per heavy atom. The highest BCUT2D eigenvalue weighted by Crippen LogP contribution is 2.30. The molecule has 0 atom stereocenters. The Bertz CT molecular complexity index is 625. The molecule has 0 aliphatic carbocycles. The number of hydrogen-bond acceptors (Lipinski definition) is 3. The molecular formula is C16H21NO2S. The number of hydrogen-bond donors (Lipinski definition) is 1. The lowest BCUT2D eigenvalue weighted by molar-refractivity contribution is 0.265. The molecule has 20 heavy (non-hydrogen) atoms. The third kappa shape index (κ3) is 3.51. The van der Waals surface area contributed by atoms with Gasteiger partial charge in [-0.05, 0) is 41.2 Å². The molecule has 4 heteroatoms. The zero-order valence-corrected chi connectivity index (χ0v) is 13.2. The lowest BCUT2D eigenvalue weighted by Crippen LogP contribution is -2.01. The molecule has 1 N–H and O–H groups in total. The number of rotatable bonds is 5. The van der Waals surface area contributed by atoms with Crippen molar-refractivity contribution in [1.29, 1.82) is 0 Å². The molecule has 0 radical (unpaired) electrons. The van der Waals surface area contributed by atoms with Crippen LogP contribution in [0.25, 0.3) is 0 Å². The molecule has 1 aromatic carbocycles. The molecule has 3 nitrogen and oxygen atoms in total. The first-order valence-electron chi connectivity index (χ1n) is 6.91. The van der Waals surface area contributed by atoms with Crippen molar-refractivity contribution in [2.75, 3.05) is 0 Å². The van der Waals surface area contributed by atoms with Crippen LogP contribution >= 0.6 is 12.2 Å². The lowest BCUT2D eigenvalue weighted by atomic mass is 9.95. The molecule has 1 heterocycles. The van der Waals surface area contributed by atoms with Gasteiger partial charge >= 0.3 is 0 Å². The minimum Gasteiger partial charge on any atom is -0.485 e. The van der Waals surface area contributed by atoms with Gasteiger partial charge in [0, 0.05) is 6.20 Å². The van der Waals surface area contributed by atoms with Gasteiger partial charge in [-0.2, -0.15) is 0 Å². The van der Waals surface area contributed by atoms with Crippen LogP contribution in [-0.2, 0) is 6.61 Å². The molecule has 0 fully saturated rings. The number of benzene rings is 1. The minimum atomic E-state index is 0.378. The second kappa shape index (κ2) is 6.27. The van der Waals surface area contributed by atoms with Crippen molar-refractivity contribution in [1.82, 2.24) is 4.98 Å². The Morgan fingerprint density at radius 2 is 1.95 bits per heavy atom. The molecular weight excluding hydrogens is 270 g/mol. The molecule has 1 aromatic heterocycles. The first-order valence-corrected chi connectivity index (χ1v) is 7.32. The topological polar surface area (TPSA) is 38.2 Å². The van der Waals surface area contributed by atoms with E-state index < -0.39 is 0 Å². The minimum absolute atomic E-state index is 0.378. The van der Waals surface area contributed by atoms with Gasteiger partial charge in [-0.1, -0.05) is 39.8 Å². The number of H-pyrrole nitrogens is 1. The first kappa shape index (κ1) is 14.9. The maximum absolute atomic E-state index is 5.87. The number of ether oxygens (including phenoxy) is 1. The van der Waals surface area contributed by atoms with Crippen LogP contribution in [0.3, 0.4) is 0 Å². The SMILES string of the molecule is CC(C)c1ccc(OCc2c[nH]c(=S)o2)c(C(C)C)c1. The second-order valence-electron chi connectivity index (χ2n) is 5.54. The molecule has 0 spiro atoms. The summed E-state index contributed by atoms with van der Waals surface area (Å²) in [4.78, 5) is 3.21. The number of aromatic amines is 1. The Hall–Kier alpha value is -1.55. The number of nitrogens with one attached hydrogen (secondary N) is 1. The second-order valence-corrected chi connectivity index (χ2v) is 5.91. The van der Waals surface area contributed by atoms with Crippen LogP contribution in [0.4, 0.5) is 0 Å². The van der Waals surface area contributed by atoms with Crippen LogP contribution < -0.4 is 4.74 Å². The largest absolute Gasteiger partial charge is 0.485 e. The van der Waals surface area contributed by atoms with Crippen LogP contribution in [0.1, 0.15) is 56.4 Å². The smallest absolute Gasteiger partial charge is 0.266 e. The molecule has 2 aromatic rings. The maximum Gasteiger partial charge on any atom is 0.266 e. The van der Waals surface area contributed by atoms with E-state index in [1.807, 2.05) is 6.07 Å². The predicted octanol–water partition coefficient (Wildman–Crippen LogP) is 5.16. The van der Waals surface area contributed by atoms with E-state index in [1.165, 1.54) is 11.1 Å². The molecule has 0 saturated heterocycles. The molecule has 108 valence electrons. The van der Waals surface area contributed by atoms with E-state index in [2.05, 4.69) is 44.8 Å². The molecule has 0 saturated carbocycles. The van der Waals surface area contributed by atoms with Crippen LogP contribution in [0.15, 0.2) is 28.8 Å². The summed E-state index contributed by atoms with van der Waals surface area (Å²) < 4.78 is 11.2. The van der Waals surface area contributed by atoms with Gasteiger partial charge in [0.1, 0.15) is 12.4 Å². The average molecular weight is 291 g/mol. The van der Waals surface area contributed by atoms with Gasteiger partial charge in [0.25, 0.3) is 4.84 Å².